The Hall–Kier alpha value is -3.44. The van der Waals surface area contributed by atoms with Crippen LogP contribution in [0.3, 0.4) is 0 Å². The van der Waals surface area contributed by atoms with Crippen molar-refractivity contribution in [2.75, 3.05) is 31.1 Å². The predicted octanol–water partition coefficient (Wildman–Crippen LogP) is 2.79. The largest absolute Gasteiger partial charge is 0.352 e. The second-order valence-corrected chi connectivity index (χ2v) is 10.3. The van der Waals surface area contributed by atoms with Gasteiger partial charge in [-0.3, -0.25) is 0 Å². The topological polar surface area (TPSA) is 97.1 Å². The summed E-state index contributed by atoms with van der Waals surface area (Å²) in [5.74, 6) is 0.255. The number of hydrogen-bond donors (Lipinski definition) is 0. The molecular formula is C23H24FN7O2S. The second kappa shape index (κ2) is 8.41. The van der Waals surface area contributed by atoms with E-state index in [1.54, 1.807) is 12.1 Å². The van der Waals surface area contributed by atoms with Crippen molar-refractivity contribution < 1.29 is 12.8 Å². The summed E-state index contributed by atoms with van der Waals surface area (Å²) in [6.45, 7) is 7.21. The summed E-state index contributed by atoms with van der Waals surface area (Å²) < 4.78 is 43.2. The molecule has 3 heterocycles. The molecule has 0 amide bonds. The van der Waals surface area contributed by atoms with Crippen molar-refractivity contribution in [2.24, 2.45) is 0 Å². The third-order valence-electron chi connectivity index (χ3n) is 6.03. The van der Waals surface area contributed by atoms with Crippen LogP contribution in [0.5, 0.6) is 0 Å². The molecule has 0 N–H and O–H groups in total. The number of benzene rings is 2. The van der Waals surface area contributed by atoms with Gasteiger partial charge < -0.3 is 4.90 Å². The Morgan fingerprint density at radius 3 is 2.21 bits per heavy atom. The first-order valence-corrected chi connectivity index (χ1v) is 12.3. The summed E-state index contributed by atoms with van der Waals surface area (Å²) in [6.07, 6.45) is 1.43. The van der Waals surface area contributed by atoms with Gasteiger partial charge >= 0.3 is 0 Å². The van der Waals surface area contributed by atoms with Gasteiger partial charge in [-0.05, 0) is 56.2 Å². The fourth-order valence-corrected chi connectivity index (χ4v) is 6.40. The molecule has 1 saturated heterocycles. The van der Waals surface area contributed by atoms with E-state index in [4.69, 9.17) is 0 Å². The van der Waals surface area contributed by atoms with Crippen molar-refractivity contribution in [3.8, 4) is 5.69 Å². The number of piperazine rings is 1. The number of fused-ring (bicyclic) bond motifs is 1. The highest BCUT2D eigenvalue weighted by atomic mass is 32.2. The third-order valence-corrected chi connectivity index (χ3v) is 8.24. The maximum Gasteiger partial charge on any atom is 0.243 e. The van der Waals surface area contributed by atoms with Crippen LogP contribution in [0.15, 0.2) is 47.6 Å². The van der Waals surface area contributed by atoms with Crippen molar-refractivity contribution in [1.82, 2.24) is 29.3 Å². The molecule has 1 aliphatic rings. The normalized spacial score (nSPS) is 15.2. The lowest BCUT2D eigenvalue weighted by Crippen LogP contribution is -2.49. The fourth-order valence-electron chi connectivity index (χ4n) is 4.57. The Balaban J connectivity index is 1.40. The highest BCUT2D eigenvalue weighted by molar-refractivity contribution is 7.89. The molecule has 176 valence electrons. The lowest BCUT2D eigenvalue weighted by molar-refractivity contribution is 0.383. The van der Waals surface area contributed by atoms with E-state index >= 15 is 0 Å². The van der Waals surface area contributed by atoms with Crippen molar-refractivity contribution >= 4 is 27.0 Å². The molecule has 0 bridgehead atoms. The number of anilines is 1. The van der Waals surface area contributed by atoms with Crippen LogP contribution in [-0.4, -0.2) is 63.9 Å². The van der Waals surface area contributed by atoms with E-state index in [1.165, 1.54) is 27.4 Å². The lowest BCUT2D eigenvalue weighted by Gasteiger charge is -2.35. The maximum atomic E-state index is 13.4. The zero-order valence-electron chi connectivity index (χ0n) is 19.1. The first-order chi connectivity index (χ1) is 16.3. The summed E-state index contributed by atoms with van der Waals surface area (Å²) >= 11 is 0. The monoisotopic (exact) mass is 481 g/mol. The summed E-state index contributed by atoms with van der Waals surface area (Å²) in [5.41, 5.74) is 4.20. The van der Waals surface area contributed by atoms with Crippen LogP contribution >= 0.6 is 0 Å². The van der Waals surface area contributed by atoms with Gasteiger partial charge in [0.2, 0.25) is 10.0 Å². The standard InChI is InChI=1S/C23H24FN7O2S/c1-15-12-16(2)21(17(3)13-15)34(32,33)30-10-8-29(9-11-30)22-20-23(26-14-25-22)31(28-27-20)19-6-4-18(24)5-7-19/h4-7,12-14H,8-11H2,1-3H3. The van der Waals surface area contributed by atoms with E-state index in [9.17, 15) is 12.8 Å². The number of aromatic nitrogens is 5. The molecular weight excluding hydrogens is 457 g/mol. The Labute approximate surface area is 196 Å². The summed E-state index contributed by atoms with van der Waals surface area (Å²) in [4.78, 5) is 11.1. The zero-order chi connectivity index (χ0) is 24.0. The quantitative estimate of drug-likeness (QED) is 0.442. The number of rotatable bonds is 4. The molecule has 4 aromatic rings. The first-order valence-electron chi connectivity index (χ1n) is 10.9. The number of nitrogens with zero attached hydrogens (tertiary/aromatic N) is 7. The van der Waals surface area contributed by atoms with E-state index in [0.29, 0.717) is 53.7 Å². The number of sulfonamides is 1. The van der Waals surface area contributed by atoms with Crippen LogP contribution in [0.2, 0.25) is 0 Å². The zero-order valence-corrected chi connectivity index (χ0v) is 19.9. The minimum atomic E-state index is -3.61. The minimum absolute atomic E-state index is 0.326. The van der Waals surface area contributed by atoms with E-state index in [1.807, 2.05) is 37.8 Å². The van der Waals surface area contributed by atoms with Gasteiger partial charge in [-0.15, -0.1) is 5.10 Å². The SMILES string of the molecule is Cc1cc(C)c(S(=O)(=O)N2CCN(c3ncnc4c3nnn4-c3ccc(F)cc3)CC2)c(C)c1. The molecule has 5 rings (SSSR count). The minimum Gasteiger partial charge on any atom is -0.352 e. The van der Waals surface area contributed by atoms with Crippen molar-refractivity contribution in [3.63, 3.8) is 0 Å². The highest BCUT2D eigenvalue weighted by Crippen LogP contribution is 2.28. The Kier molecular flexibility index (Phi) is 5.53. The van der Waals surface area contributed by atoms with Gasteiger partial charge in [-0.2, -0.15) is 8.99 Å². The molecule has 2 aromatic carbocycles. The number of halogens is 1. The van der Waals surface area contributed by atoms with E-state index in [-0.39, 0.29) is 5.82 Å². The molecule has 0 spiro atoms. The summed E-state index contributed by atoms with van der Waals surface area (Å²) in [5, 5.41) is 8.44. The molecule has 0 aliphatic carbocycles. The van der Waals surface area contributed by atoms with Gasteiger partial charge in [0.25, 0.3) is 0 Å². The molecule has 2 aromatic heterocycles. The fraction of sp³-hybridized carbons (Fsp3) is 0.304. The summed E-state index contributed by atoms with van der Waals surface area (Å²) in [6, 6.07) is 9.70. The van der Waals surface area contributed by atoms with Gasteiger partial charge in [-0.25, -0.2) is 22.8 Å². The molecule has 0 radical (unpaired) electrons. The smallest absolute Gasteiger partial charge is 0.243 e. The molecule has 0 atom stereocenters. The Morgan fingerprint density at radius 1 is 0.912 bits per heavy atom. The second-order valence-electron chi connectivity index (χ2n) is 8.47. The first kappa shape index (κ1) is 22.4. The van der Waals surface area contributed by atoms with E-state index in [2.05, 4.69) is 20.3 Å². The summed E-state index contributed by atoms with van der Waals surface area (Å²) in [7, 11) is -3.61. The van der Waals surface area contributed by atoms with Crippen LogP contribution in [-0.2, 0) is 10.0 Å². The van der Waals surface area contributed by atoms with Gasteiger partial charge in [0.15, 0.2) is 17.0 Å². The van der Waals surface area contributed by atoms with Crippen LogP contribution in [0.4, 0.5) is 10.2 Å². The lowest BCUT2D eigenvalue weighted by atomic mass is 10.1. The Morgan fingerprint density at radius 2 is 1.56 bits per heavy atom. The van der Waals surface area contributed by atoms with Gasteiger partial charge in [0.1, 0.15) is 12.1 Å². The van der Waals surface area contributed by atoms with Crippen molar-refractivity contribution in [2.45, 2.75) is 25.7 Å². The average molecular weight is 482 g/mol. The number of aryl methyl sites for hydroxylation is 3. The van der Waals surface area contributed by atoms with Gasteiger partial charge in [0, 0.05) is 26.2 Å². The average Bonchev–Trinajstić information content (AvgIpc) is 3.23. The molecule has 0 unspecified atom stereocenters. The highest BCUT2D eigenvalue weighted by Gasteiger charge is 2.32. The molecule has 9 nitrogen and oxygen atoms in total. The van der Waals surface area contributed by atoms with Crippen LogP contribution in [0.1, 0.15) is 16.7 Å². The van der Waals surface area contributed by atoms with E-state index in [0.717, 1.165) is 16.7 Å². The predicted molar refractivity (Wildman–Crippen MR) is 126 cm³/mol. The van der Waals surface area contributed by atoms with E-state index < -0.39 is 10.0 Å². The van der Waals surface area contributed by atoms with Crippen LogP contribution < -0.4 is 4.90 Å². The van der Waals surface area contributed by atoms with Crippen molar-refractivity contribution in [3.05, 3.63) is 65.2 Å². The molecule has 0 saturated carbocycles. The molecule has 1 fully saturated rings. The molecule has 34 heavy (non-hydrogen) atoms. The molecule has 1 aliphatic heterocycles. The third kappa shape index (κ3) is 3.80. The van der Waals surface area contributed by atoms with Gasteiger partial charge in [0.05, 0.1) is 10.6 Å². The maximum absolute atomic E-state index is 13.4. The van der Waals surface area contributed by atoms with Crippen LogP contribution in [0, 0.1) is 26.6 Å². The van der Waals surface area contributed by atoms with Crippen LogP contribution in [0.25, 0.3) is 16.9 Å². The number of hydrogen-bond acceptors (Lipinski definition) is 7. The molecule has 11 heteroatoms. The van der Waals surface area contributed by atoms with Gasteiger partial charge in [-0.1, -0.05) is 22.9 Å². The van der Waals surface area contributed by atoms with Crippen molar-refractivity contribution in [1.29, 1.82) is 0 Å². The Bertz CT molecular complexity index is 1450.